The molecule has 1 aromatic heterocycles. The lowest BCUT2D eigenvalue weighted by Gasteiger charge is -2.16. The first-order valence-corrected chi connectivity index (χ1v) is 7.46. The highest BCUT2D eigenvalue weighted by molar-refractivity contribution is 7.08. The van der Waals surface area contributed by atoms with E-state index in [0.717, 1.165) is 42.9 Å². The lowest BCUT2D eigenvalue weighted by molar-refractivity contribution is 0.0954. The molecule has 0 aliphatic carbocycles. The summed E-state index contributed by atoms with van der Waals surface area (Å²) in [5, 5.41) is 15.6. The van der Waals surface area contributed by atoms with Gasteiger partial charge >= 0.3 is 0 Å². The molecule has 6 heteroatoms. The molecule has 0 spiro atoms. The summed E-state index contributed by atoms with van der Waals surface area (Å²) >= 11 is 1.15. The van der Waals surface area contributed by atoms with Crippen LogP contribution < -0.4 is 5.32 Å². The van der Waals surface area contributed by atoms with Crippen LogP contribution in [-0.2, 0) is 5.41 Å². The van der Waals surface area contributed by atoms with Gasteiger partial charge in [-0.05, 0) is 24.4 Å². The van der Waals surface area contributed by atoms with Gasteiger partial charge in [-0.25, -0.2) is 0 Å². The van der Waals surface area contributed by atoms with Gasteiger partial charge in [-0.1, -0.05) is 38.1 Å². The summed E-state index contributed by atoms with van der Waals surface area (Å²) < 4.78 is 3.88. The Hall–Kier alpha value is -1.01. The normalized spacial score (nSPS) is 11.6. The van der Waals surface area contributed by atoms with E-state index in [2.05, 4.69) is 14.9 Å². The second-order valence-corrected chi connectivity index (χ2v) is 6.35. The minimum atomic E-state index is -0.166. The molecule has 1 aromatic rings. The number of unbranched alkanes of at least 4 members (excludes halogenated alkanes) is 3. The largest absolute Gasteiger partial charge is 0.396 e. The maximum Gasteiger partial charge on any atom is 0.264 e. The minimum Gasteiger partial charge on any atom is -0.396 e. The van der Waals surface area contributed by atoms with Crippen LogP contribution in [0.1, 0.15) is 61.8 Å². The number of nitrogens with one attached hydrogen (secondary N) is 1. The van der Waals surface area contributed by atoms with Gasteiger partial charge < -0.3 is 10.4 Å². The molecule has 19 heavy (non-hydrogen) atoms. The average Bonchev–Trinajstić information content (AvgIpc) is 2.82. The predicted octanol–water partition coefficient (Wildman–Crippen LogP) is 2.12. The van der Waals surface area contributed by atoms with Gasteiger partial charge in [-0.15, -0.1) is 5.10 Å². The Morgan fingerprint density at radius 2 is 1.95 bits per heavy atom. The van der Waals surface area contributed by atoms with E-state index in [4.69, 9.17) is 5.11 Å². The number of carbonyl (C=O) groups excluding carboxylic acids is 1. The molecule has 108 valence electrons. The Bertz CT molecular complexity index is 399. The summed E-state index contributed by atoms with van der Waals surface area (Å²) in [7, 11) is 0. The molecule has 0 radical (unpaired) electrons. The summed E-state index contributed by atoms with van der Waals surface area (Å²) in [5.41, 5.74) is 0.594. The maximum absolute atomic E-state index is 12.0. The topological polar surface area (TPSA) is 75.1 Å². The van der Waals surface area contributed by atoms with Crippen molar-refractivity contribution in [3.8, 4) is 0 Å². The number of aromatic nitrogens is 2. The molecule has 0 aromatic carbocycles. The zero-order chi connectivity index (χ0) is 14.3. The van der Waals surface area contributed by atoms with Crippen LogP contribution in [0.4, 0.5) is 0 Å². The van der Waals surface area contributed by atoms with Crippen molar-refractivity contribution in [3.63, 3.8) is 0 Å². The highest BCUT2D eigenvalue weighted by Crippen LogP contribution is 2.25. The molecule has 0 fully saturated rings. The van der Waals surface area contributed by atoms with E-state index >= 15 is 0 Å². The number of carbonyl (C=O) groups is 1. The fraction of sp³-hybridized carbons (Fsp3) is 0.769. The van der Waals surface area contributed by atoms with Crippen molar-refractivity contribution in [3.05, 3.63) is 10.6 Å². The molecular formula is C13H23N3O2S. The first kappa shape index (κ1) is 16.0. The van der Waals surface area contributed by atoms with E-state index in [1.807, 2.05) is 20.8 Å². The van der Waals surface area contributed by atoms with Gasteiger partial charge in [0, 0.05) is 18.6 Å². The number of rotatable bonds is 7. The van der Waals surface area contributed by atoms with E-state index in [9.17, 15) is 4.79 Å². The Labute approximate surface area is 118 Å². The van der Waals surface area contributed by atoms with Crippen LogP contribution in [0.15, 0.2) is 0 Å². The van der Waals surface area contributed by atoms with Gasteiger partial charge in [-0.2, -0.15) is 0 Å². The van der Waals surface area contributed by atoms with Crippen molar-refractivity contribution in [2.75, 3.05) is 13.2 Å². The minimum absolute atomic E-state index is 0.0814. The molecule has 0 aliphatic rings. The second kappa shape index (κ2) is 7.55. The number of nitrogens with zero attached hydrogens (tertiary/aromatic N) is 2. The van der Waals surface area contributed by atoms with Crippen molar-refractivity contribution < 1.29 is 9.90 Å². The molecule has 0 saturated heterocycles. The first-order valence-electron chi connectivity index (χ1n) is 6.68. The lowest BCUT2D eigenvalue weighted by atomic mass is 9.91. The second-order valence-electron chi connectivity index (χ2n) is 5.59. The Kier molecular flexibility index (Phi) is 6.37. The molecule has 0 bridgehead atoms. The quantitative estimate of drug-likeness (QED) is 0.752. The summed E-state index contributed by atoms with van der Waals surface area (Å²) in [6.07, 6.45) is 3.79. The number of aliphatic hydroxyl groups is 1. The summed E-state index contributed by atoms with van der Waals surface area (Å²) in [6.45, 7) is 6.97. The number of aliphatic hydroxyl groups excluding tert-OH is 1. The van der Waals surface area contributed by atoms with Crippen LogP contribution in [0.2, 0.25) is 0 Å². The first-order chi connectivity index (χ1) is 8.96. The monoisotopic (exact) mass is 285 g/mol. The summed E-state index contributed by atoms with van der Waals surface area (Å²) in [6, 6.07) is 0. The molecule has 1 rings (SSSR count). The van der Waals surface area contributed by atoms with Crippen LogP contribution in [0, 0.1) is 0 Å². The van der Waals surface area contributed by atoms with Gasteiger partial charge in [0.1, 0.15) is 4.88 Å². The van der Waals surface area contributed by atoms with E-state index < -0.39 is 0 Å². The Morgan fingerprint density at radius 1 is 1.26 bits per heavy atom. The van der Waals surface area contributed by atoms with Crippen LogP contribution in [0.5, 0.6) is 0 Å². The molecule has 0 atom stereocenters. The third-order valence-electron chi connectivity index (χ3n) is 2.78. The fourth-order valence-electron chi connectivity index (χ4n) is 1.70. The van der Waals surface area contributed by atoms with Crippen LogP contribution >= 0.6 is 11.5 Å². The third kappa shape index (κ3) is 5.24. The van der Waals surface area contributed by atoms with Gasteiger partial charge in [0.05, 0.1) is 5.69 Å². The summed E-state index contributed by atoms with van der Waals surface area (Å²) in [5.74, 6) is -0.0814. The number of hydrogen-bond acceptors (Lipinski definition) is 5. The molecule has 0 saturated carbocycles. The highest BCUT2D eigenvalue weighted by atomic mass is 32.1. The SMILES string of the molecule is CC(C)(C)c1nnsc1C(=O)NCCCCCCO. The van der Waals surface area contributed by atoms with Crippen molar-refractivity contribution in [1.29, 1.82) is 0 Å². The zero-order valence-electron chi connectivity index (χ0n) is 11.9. The fourth-order valence-corrected chi connectivity index (χ4v) is 2.50. The van der Waals surface area contributed by atoms with Crippen LogP contribution in [0.3, 0.4) is 0 Å². The number of hydrogen-bond donors (Lipinski definition) is 2. The van der Waals surface area contributed by atoms with Gasteiger partial charge in [-0.3, -0.25) is 4.79 Å². The van der Waals surface area contributed by atoms with Crippen molar-refractivity contribution >= 4 is 17.4 Å². The van der Waals surface area contributed by atoms with Gasteiger partial charge in [0.15, 0.2) is 0 Å². The van der Waals surface area contributed by atoms with Gasteiger partial charge in [0.25, 0.3) is 5.91 Å². The zero-order valence-corrected chi connectivity index (χ0v) is 12.7. The molecule has 1 amide bonds. The predicted molar refractivity (Wildman–Crippen MR) is 76.5 cm³/mol. The van der Waals surface area contributed by atoms with E-state index in [0.29, 0.717) is 11.4 Å². The van der Waals surface area contributed by atoms with Crippen LogP contribution in [-0.4, -0.2) is 33.8 Å². The van der Waals surface area contributed by atoms with Gasteiger partial charge in [0.2, 0.25) is 0 Å². The van der Waals surface area contributed by atoms with Crippen LogP contribution in [0.25, 0.3) is 0 Å². The summed E-state index contributed by atoms with van der Waals surface area (Å²) in [4.78, 5) is 12.7. The van der Waals surface area contributed by atoms with E-state index in [1.54, 1.807) is 0 Å². The smallest absolute Gasteiger partial charge is 0.264 e. The molecule has 1 heterocycles. The Morgan fingerprint density at radius 3 is 2.58 bits per heavy atom. The third-order valence-corrected chi connectivity index (χ3v) is 3.50. The van der Waals surface area contributed by atoms with E-state index in [-0.39, 0.29) is 17.9 Å². The number of amides is 1. The maximum atomic E-state index is 12.0. The standard InChI is InChI=1S/C13H23N3O2S/c1-13(2,3)11-10(19-16-15-11)12(18)14-8-6-4-5-7-9-17/h17H,4-9H2,1-3H3,(H,14,18). The molecular weight excluding hydrogens is 262 g/mol. The van der Waals surface area contributed by atoms with Crippen molar-refractivity contribution in [1.82, 2.24) is 14.9 Å². The Balaban J connectivity index is 2.40. The molecule has 0 unspecified atom stereocenters. The van der Waals surface area contributed by atoms with Crippen molar-refractivity contribution in [2.45, 2.75) is 51.9 Å². The molecule has 2 N–H and O–H groups in total. The van der Waals surface area contributed by atoms with E-state index in [1.165, 1.54) is 0 Å². The average molecular weight is 285 g/mol. The lowest BCUT2D eigenvalue weighted by Crippen LogP contribution is -2.27. The highest BCUT2D eigenvalue weighted by Gasteiger charge is 2.25. The molecule has 0 aliphatic heterocycles. The molecule has 5 nitrogen and oxygen atoms in total. The van der Waals surface area contributed by atoms with Crippen molar-refractivity contribution in [2.24, 2.45) is 0 Å².